The highest BCUT2D eigenvalue weighted by Gasteiger charge is 2.26. The van der Waals surface area contributed by atoms with Crippen molar-refractivity contribution in [2.24, 2.45) is 0 Å². The molecule has 0 saturated carbocycles. The molecule has 0 saturated heterocycles. The highest BCUT2D eigenvalue weighted by molar-refractivity contribution is 6.26. The topological polar surface area (TPSA) is 146 Å². The average molecular weight is 1810 g/mol. The Balaban J connectivity index is 0.000000114. The molecule has 13 heteroatoms. The quantitative estimate of drug-likeness (QED) is 0.0757. The third-order valence-electron chi connectivity index (χ3n) is 26.9. The summed E-state index contributed by atoms with van der Waals surface area (Å²) in [5.74, 6) is 3.08. The van der Waals surface area contributed by atoms with Crippen molar-refractivity contribution in [3.63, 3.8) is 0 Å². The molecule has 21 aromatic carbocycles. The molecule has 0 amide bonds. The van der Waals surface area contributed by atoms with Crippen LogP contribution in [0.15, 0.2) is 463 Å². The minimum absolute atomic E-state index is 0.248. The second-order valence-corrected chi connectivity index (χ2v) is 35.1. The smallest absolute Gasteiger partial charge is 0.187 e. The fourth-order valence-corrected chi connectivity index (χ4v) is 20.0. The van der Waals surface area contributed by atoms with E-state index in [4.69, 9.17) is 26.5 Å². The van der Waals surface area contributed by atoms with Crippen LogP contribution >= 0.6 is 0 Å². The summed E-state index contributed by atoms with van der Waals surface area (Å²) in [6.07, 6.45) is 18.6. The Morgan fingerprint density at radius 1 is 0.206 bits per heavy atom. The lowest BCUT2D eigenvalue weighted by molar-refractivity contribution is 0.630. The highest BCUT2D eigenvalue weighted by atomic mass is 19.1. The van der Waals surface area contributed by atoms with Crippen molar-refractivity contribution in [1.82, 2.24) is 54.8 Å². The number of halogens is 1. The number of rotatable bonds is 14. The molecular formula is C128H81FN12. The number of aryl methyl sites for hydroxylation is 1. The van der Waals surface area contributed by atoms with Gasteiger partial charge in [0.25, 0.3) is 0 Å². The summed E-state index contributed by atoms with van der Waals surface area (Å²) in [5.41, 5.74) is 24.0. The normalized spacial score (nSPS) is 11.4. The minimum atomic E-state index is -0.248. The van der Waals surface area contributed by atoms with E-state index in [0.717, 1.165) is 193 Å². The number of benzene rings is 21. The zero-order valence-corrected chi connectivity index (χ0v) is 76.3. The molecular weight excluding hydrogens is 1720 g/mol. The molecule has 0 N–H and O–H groups in total. The summed E-state index contributed by atoms with van der Waals surface area (Å²) in [4.78, 5) is 54.1. The molecule has 0 bridgehead atoms. The number of fused-ring (bicyclic) bond motifs is 10. The summed E-state index contributed by atoms with van der Waals surface area (Å²) >= 11 is 0. The van der Waals surface area contributed by atoms with Gasteiger partial charge in [0.1, 0.15) is 18.5 Å². The molecule has 5 heterocycles. The van der Waals surface area contributed by atoms with Crippen molar-refractivity contribution in [3.05, 3.63) is 485 Å². The van der Waals surface area contributed by atoms with Crippen LogP contribution in [0.3, 0.4) is 0 Å². The van der Waals surface area contributed by atoms with Crippen LogP contribution in [0.4, 0.5) is 10.1 Å². The predicted octanol–water partition coefficient (Wildman–Crippen LogP) is 32.9. The van der Waals surface area contributed by atoms with Crippen molar-refractivity contribution in [2.75, 3.05) is 0 Å². The predicted molar refractivity (Wildman–Crippen MR) is 576 cm³/mol. The number of hydrogen-bond donors (Lipinski definition) is 0. The van der Waals surface area contributed by atoms with Gasteiger partial charge in [0.15, 0.2) is 34.8 Å². The van der Waals surface area contributed by atoms with E-state index in [1.54, 1.807) is 36.9 Å². The molecule has 660 valence electrons. The zero-order valence-electron chi connectivity index (χ0n) is 76.3. The molecule has 12 nitrogen and oxygen atoms in total. The van der Waals surface area contributed by atoms with Gasteiger partial charge in [-0.05, 0) is 270 Å². The van der Waals surface area contributed by atoms with Crippen LogP contribution in [0.1, 0.15) is 12.5 Å². The molecule has 0 atom stereocenters. The van der Waals surface area contributed by atoms with E-state index in [1.807, 2.05) is 85.5 Å². The molecule has 26 rings (SSSR count). The van der Waals surface area contributed by atoms with Crippen molar-refractivity contribution >= 4 is 113 Å². The summed E-state index contributed by atoms with van der Waals surface area (Å²) in [6, 6.07) is 139. The Labute approximate surface area is 811 Å². The van der Waals surface area contributed by atoms with Crippen LogP contribution in [-0.4, -0.2) is 54.8 Å². The minimum Gasteiger partial charge on any atom is -0.238 e. The van der Waals surface area contributed by atoms with Crippen molar-refractivity contribution < 1.29 is 4.39 Å². The molecule has 0 fully saturated rings. The number of hydrogen-bond acceptors (Lipinski definition) is 11. The molecule has 141 heavy (non-hydrogen) atoms. The third kappa shape index (κ3) is 16.4. The van der Waals surface area contributed by atoms with Gasteiger partial charge in [-0.25, -0.2) is 64.1 Å². The van der Waals surface area contributed by atoms with Crippen molar-refractivity contribution in [1.29, 1.82) is 0 Å². The van der Waals surface area contributed by atoms with Crippen LogP contribution in [0, 0.1) is 12.4 Å². The largest absolute Gasteiger partial charge is 0.238 e. The maximum atomic E-state index is 15.2. The lowest BCUT2D eigenvalue weighted by Gasteiger charge is -2.20. The summed E-state index contributed by atoms with van der Waals surface area (Å²) in [7, 11) is 0. The SMILES string of the molecule is CCc1ccc2c(-c3ncc(-c4ccccc4)cn3)c3cc(-c4ncccn4)ccc3c(-c3ncc(-c4ccccc4)cn3)c2c1.Fc1ccc2c(-c3ccc4ccccc4c3)c3cc(-c4ccc(-c5ncccn5)cc4)ccc3c(-c3ccc4ccccc4c3)c2c1.[C-]#[N+]c1ccc2c(-c3ccc4ccccc4c3)c3cc(-c4ccc(-c5ncncn5)cc4)ccc3c(-c3ccc4ccccc4c3)c2c1. The average Bonchev–Trinajstić information content (AvgIpc) is 0.745. The third-order valence-corrected chi connectivity index (χ3v) is 26.9. The van der Waals surface area contributed by atoms with Crippen LogP contribution in [0.2, 0.25) is 0 Å². The van der Waals surface area contributed by atoms with Gasteiger partial charge >= 0.3 is 0 Å². The van der Waals surface area contributed by atoms with E-state index in [0.29, 0.717) is 34.8 Å². The maximum Gasteiger partial charge on any atom is 0.187 e. The molecule has 5 aromatic heterocycles. The fraction of sp³-hybridized carbons (Fsp3) is 0.0156. The summed E-state index contributed by atoms with van der Waals surface area (Å²) in [5, 5.41) is 22.2. The van der Waals surface area contributed by atoms with Crippen LogP contribution in [0.5, 0.6) is 0 Å². The van der Waals surface area contributed by atoms with Gasteiger partial charge in [0, 0.05) is 88.5 Å². The molecule has 26 aromatic rings. The van der Waals surface area contributed by atoms with Gasteiger partial charge in [0.2, 0.25) is 0 Å². The van der Waals surface area contributed by atoms with E-state index in [9.17, 15) is 0 Å². The second-order valence-electron chi connectivity index (χ2n) is 35.1. The van der Waals surface area contributed by atoms with Crippen LogP contribution in [0.25, 0.3) is 259 Å². The van der Waals surface area contributed by atoms with Crippen LogP contribution < -0.4 is 0 Å². The first-order valence-electron chi connectivity index (χ1n) is 46.9. The van der Waals surface area contributed by atoms with E-state index in [-0.39, 0.29) is 5.82 Å². The summed E-state index contributed by atoms with van der Waals surface area (Å²) < 4.78 is 15.2. The first-order valence-corrected chi connectivity index (χ1v) is 46.9. The first kappa shape index (κ1) is 84.9. The lowest BCUT2D eigenvalue weighted by Crippen LogP contribution is -1.98. The lowest BCUT2D eigenvalue weighted by atomic mass is 9.84. The highest BCUT2D eigenvalue weighted by Crippen LogP contribution is 2.51. The van der Waals surface area contributed by atoms with E-state index in [1.165, 1.54) is 55.9 Å². The zero-order chi connectivity index (χ0) is 94.2. The van der Waals surface area contributed by atoms with Gasteiger partial charge in [-0.15, -0.1) is 0 Å². The Morgan fingerprint density at radius 2 is 0.504 bits per heavy atom. The Morgan fingerprint density at radius 3 is 0.915 bits per heavy atom. The molecule has 0 aliphatic heterocycles. The van der Waals surface area contributed by atoms with E-state index >= 15 is 4.39 Å². The Bertz CT molecular complexity index is 9380. The molecule has 0 aliphatic carbocycles. The molecule has 0 spiro atoms. The Kier molecular flexibility index (Phi) is 22.3. The van der Waals surface area contributed by atoms with Gasteiger partial charge in [-0.2, -0.15) is 0 Å². The standard InChI is InChI=1S/C44H27FN2.C44H26N4.C40H28N6/c45-37-19-21-39-41(27-37)43(36-17-13-29-7-2-4-9-33(29)25-36)38-20-18-34(30-10-14-31(15-11-30)44-46-22-5-23-47-44)26-40(38)42(39)35-16-12-28-6-1-3-8-32(28)24-35;1-45-37-19-21-39-41(25-37)43(36-17-13-29-7-3-5-9-33(29)23-36)38-20-18-34(30-10-14-31(15-11-30)44-47-26-46-27-48-44)24-40(38)42(39)35-16-12-28-6-2-4-8-32(28)22-35;1-2-26-14-16-32-34(20-26)36(39-43-22-30(23-44-39)27-10-5-3-6-11-27)33-17-15-29(38-41-18-9-19-42-38)21-35(33)37(32)40-45-24-31(25-46-40)28-12-7-4-8-13-28/h1-27H;2-27H;3-25H,2H2,1H3. The maximum absolute atomic E-state index is 15.2. The van der Waals surface area contributed by atoms with Crippen molar-refractivity contribution in [3.8, 4) is 146 Å². The van der Waals surface area contributed by atoms with Crippen LogP contribution in [-0.2, 0) is 6.42 Å². The number of aromatic nitrogens is 11. The van der Waals surface area contributed by atoms with Gasteiger partial charge < -0.3 is 0 Å². The molecule has 0 radical (unpaired) electrons. The molecule has 0 unspecified atom stereocenters. The monoisotopic (exact) mass is 1800 g/mol. The molecule has 0 aliphatic rings. The van der Waals surface area contributed by atoms with Gasteiger partial charge in [0.05, 0.1) is 6.57 Å². The first-order chi connectivity index (χ1) is 69.7. The Hall–Kier alpha value is -19.0. The second kappa shape index (κ2) is 37.0. The van der Waals surface area contributed by atoms with Gasteiger partial charge in [-0.3, -0.25) is 0 Å². The van der Waals surface area contributed by atoms with E-state index in [2.05, 4.69) is 374 Å². The van der Waals surface area contributed by atoms with Crippen molar-refractivity contribution in [2.45, 2.75) is 13.3 Å². The van der Waals surface area contributed by atoms with E-state index < -0.39 is 0 Å². The van der Waals surface area contributed by atoms with Gasteiger partial charge in [-0.1, -0.05) is 335 Å². The number of nitrogens with zero attached hydrogens (tertiary/aromatic N) is 12. The summed E-state index contributed by atoms with van der Waals surface area (Å²) in [6.45, 7) is 10.1. The fourth-order valence-electron chi connectivity index (χ4n) is 20.0.